The first kappa shape index (κ1) is 13.5. The predicted molar refractivity (Wildman–Crippen MR) is 69.1 cm³/mol. The van der Waals surface area contributed by atoms with Gasteiger partial charge in [0, 0.05) is 19.1 Å². The lowest BCUT2D eigenvalue weighted by Crippen LogP contribution is -2.48. The van der Waals surface area contributed by atoms with Crippen LogP contribution in [0, 0.1) is 0 Å². The minimum absolute atomic E-state index is 0.0714. The van der Waals surface area contributed by atoms with E-state index in [-0.39, 0.29) is 19.3 Å². The fraction of sp³-hybridized carbons (Fsp3) is 0.571. The first-order chi connectivity index (χ1) is 8.72. The Hall–Kier alpha value is -0.940. The van der Waals surface area contributed by atoms with E-state index < -0.39 is 0 Å². The average Bonchev–Trinajstić information content (AvgIpc) is 2.42. The molecule has 4 nitrogen and oxygen atoms in total. The second-order valence-corrected chi connectivity index (χ2v) is 4.89. The maximum atomic E-state index is 9.15. The number of benzene rings is 1. The number of morpholine rings is 1. The van der Waals surface area contributed by atoms with Gasteiger partial charge in [0.2, 0.25) is 0 Å². The molecule has 0 spiro atoms. The Morgan fingerprint density at radius 1 is 1.22 bits per heavy atom. The van der Waals surface area contributed by atoms with Crippen LogP contribution in [0.3, 0.4) is 0 Å². The van der Waals surface area contributed by atoms with Gasteiger partial charge in [-0.05, 0) is 18.1 Å². The van der Waals surface area contributed by atoms with Gasteiger partial charge in [-0.15, -0.1) is 0 Å². The highest BCUT2D eigenvalue weighted by Gasteiger charge is 2.25. The SMILES string of the molecule is CC1COC(CO)CN1Cc1ccc(CO)cc1. The summed E-state index contributed by atoms with van der Waals surface area (Å²) in [7, 11) is 0. The number of rotatable bonds is 4. The molecule has 2 unspecified atom stereocenters. The second-order valence-electron chi connectivity index (χ2n) is 4.89. The van der Waals surface area contributed by atoms with Gasteiger partial charge in [-0.2, -0.15) is 0 Å². The molecule has 2 rings (SSSR count). The maximum Gasteiger partial charge on any atom is 0.0933 e. The first-order valence-corrected chi connectivity index (χ1v) is 6.38. The van der Waals surface area contributed by atoms with Gasteiger partial charge in [-0.1, -0.05) is 24.3 Å². The summed E-state index contributed by atoms with van der Waals surface area (Å²) in [6, 6.07) is 8.35. The van der Waals surface area contributed by atoms with Crippen molar-refractivity contribution < 1.29 is 14.9 Å². The number of aliphatic hydroxyl groups excluding tert-OH is 2. The van der Waals surface area contributed by atoms with Crippen LogP contribution < -0.4 is 0 Å². The maximum absolute atomic E-state index is 9.15. The molecule has 0 radical (unpaired) electrons. The van der Waals surface area contributed by atoms with Crippen LogP contribution in [-0.4, -0.2) is 47.0 Å². The molecule has 1 aromatic carbocycles. The van der Waals surface area contributed by atoms with E-state index in [9.17, 15) is 0 Å². The Kier molecular flexibility index (Phi) is 4.72. The Bertz CT molecular complexity index is 366. The minimum Gasteiger partial charge on any atom is -0.394 e. The normalized spacial score (nSPS) is 25.3. The molecule has 100 valence electrons. The zero-order valence-corrected chi connectivity index (χ0v) is 10.7. The zero-order chi connectivity index (χ0) is 13.0. The van der Waals surface area contributed by atoms with E-state index >= 15 is 0 Å². The molecular formula is C14H21NO3. The van der Waals surface area contributed by atoms with Gasteiger partial charge in [0.25, 0.3) is 0 Å². The smallest absolute Gasteiger partial charge is 0.0933 e. The fourth-order valence-corrected chi connectivity index (χ4v) is 2.19. The van der Waals surface area contributed by atoms with Crippen LogP contribution in [0.2, 0.25) is 0 Å². The number of nitrogens with zero attached hydrogens (tertiary/aromatic N) is 1. The molecule has 2 atom stereocenters. The molecule has 2 N–H and O–H groups in total. The highest BCUT2D eigenvalue weighted by molar-refractivity contribution is 5.22. The van der Waals surface area contributed by atoms with Crippen molar-refractivity contribution in [1.29, 1.82) is 0 Å². The largest absolute Gasteiger partial charge is 0.394 e. The van der Waals surface area contributed by atoms with Gasteiger partial charge in [0.05, 0.1) is 25.9 Å². The Morgan fingerprint density at radius 3 is 2.50 bits per heavy atom. The topological polar surface area (TPSA) is 52.9 Å². The van der Waals surface area contributed by atoms with Gasteiger partial charge >= 0.3 is 0 Å². The molecule has 18 heavy (non-hydrogen) atoms. The monoisotopic (exact) mass is 251 g/mol. The molecule has 0 amide bonds. The van der Waals surface area contributed by atoms with Gasteiger partial charge in [-0.25, -0.2) is 0 Å². The molecule has 1 fully saturated rings. The van der Waals surface area contributed by atoms with Crippen molar-refractivity contribution in [2.75, 3.05) is 19.8 Å². The summed E-state index contributed by atoms with van der Waals surface area (Å²) in [4.78, 5) is 2.32. The van der Waals surface area contributed by atoms with Crippen molar-refractivity contribution in [3.63, 3.8) is 0 Å². The average molecular weight is 251 g/mol. The molecule has 1 aliphatic rings. The molecule has 1 saturated heterocycles. The van der Waals surface area contributed by atoms with E-state index in [1.54, 1.807) is 0 Å². The van der Waals surface area contributed by atoms with Crippen LogP contribution in [0.4, 0.5) is 0 Å². The molecule has 0 bridgehead atoms. The molecular weight excluding hydrogens is 230 g/mol. The summed E-state index contributed by atoms with van der Waals surface area (Å²) in [6.07, 6.45) is -0.0714. The van der Waals surface area contributed by atoms with Crippen molar-refractivity contribution >= 4 is 0 Å². The summed E-state index contributed by atoms with van der Waals surface area (Å²) < 4.78 is 5.52. The number of ether oxygens (including phenoxy) is 1. The predicted octanol–water partition coefficient (Wildman–Crippen LogP) is 0.760. The lowest BCUT2D eigenvalue weighted by Gasteiger charge is -2.37. The van der Waals surface area contributed by atoms with Crippen LogP contribution in [0.15, 0.2) is 24.3 Å². The van der Waals surface area contributed by atoms with Gasteiger partial charge in [0.15, 0.2) is 0 Å². The van der Waals surface area contributed by atoms with Crippen molar-refractivity contribution in [2.24, 2.45) is 0 Å². The van der Waals surface area contributed by atoms with Gasteiger partial charge < -0.3 is 14.9 Å². The Morgan fingerprint density at radius 2 is 1.89 bits per heavy atom. The molecule has 4 heteroatoms. The lowest BCUT2D eigenvalue weighted by molar-refractivity contribution is -0.0805. The number of aliphatic hydroxyl groups is 2. The highest BCUT2D eigenvalue weighted by Crippen LogP contribution is 2.15. The number of hydrogen-bond donors (Lipinski definition) is 2. The minimum atomic E-state index is -0.0714. The third kappa shape index (κ3) is 3.29. The van der Waals surface area contributed by atoms with Crippen molar-refractivity contribution in [3.05, 3.63) is 35.4 Å². The fourth-order valence-electron chi connectivity index (χ4n) is 2.19. The molecule has 1 heterocycles. The summed E-state index contributed by atoms with van der Waals surface area (Å²) >= 11 is 0. The van der Waals surface area contributed by atoms with Crippen LogP contribution in [0.5, 0.6) is 0 Å². The highest BCUT2D eigenvalue weighted by atomic mass is 16.5. The van der Waals surface area contributed by atoms with Gasteiger partial charge in [-0.3, -0.25) is 4.90 Å². The van der Waals surface area contributed by atoms with E-state index in [1.807, 2.05) is 24.3 Å². The summed E-state index contributed by atoms with van der Waals surface area (Å²) in [5.41, 5.74) is 2.15. The van der Waals surface area contributed by atoms with E-state index in [0.29, 0.717) is 12.6 Å². The number of hydrogen-bond acceptors (Lipinski definition) is 4. The third-order valence-electron chi connectivity index (χ3n) is 3.43. The molecule has 0 aliphatic carbocycles. The molecule has 1 aliphatic heterocycles. The van der Waals surface area contributed by atoms with E-state index in [1.165, 1.54) is 5.56 Å². The third-order valence-corrected chi connectivity index (χ3v) is 3.43. The first-order valence-electron chi connectivity index (χ1n) is 6.38. The zero-order valence-electron chi connectivity index (χ0n) is 10.7. The van der Waals surface area contributed by atoms with E-state index in [4.69, 9.17) is 14.9 Å². The molecule has 0 saturated carbocycles. The van der Waals surface area contributed by atoms with Crippen molar-refractivity contribution in [3.8, 4) is 0 Å². The van der Waals surface area contributed by atoms with Crippen molar-refractivity contribution in [1.82, 2.24) is 4.90 Å². The summed E-state index contributed by atoms with van der Waals surface area (Å²) in [6.45, 7) is 4.58. The standard InChI is InChI=1S/C14H21NO3/c1-11-10-18-14(9-17)7-15(11)6-12-2-4-13(8-16)5-3-12/h2-5,11,14,16-17H,6-10H2,1H3. The van der Waals surface area contributed by atoms with E-state index in [2.05, 4.69) is 11.8 Å². The van der Waals surface area contributed by atoms with Crippen LogP contribution in [0.1, 0.15) is 18.1 Å². The molecule has 1 aromatic rings. The molecule has 0 aromatic heterocycles. The van der Waals surface area contributed by atoms with Crippen LogP contribution >= 0.6 is 0 Å². The Labute approximate surface area is 108 Å². The van der Waals surface area contributed by atoms with Gasteiger partial charge in [0.1, 0.15) is 0 Å². The Balaban J connectivity index is 1.97. The van der Waals surface area contributed by atoms with E-state index in [0.717, 1.165) is 18.7 Å². The summed E-state index contributed by atoms with van der Waals surface area (Å²) in [5, 5.41) is 18.2. The lowest BCUT2D eigenvalue weighted by atomic mass is 10.1. The van der Waals surface area contributed by atoms with Crippen molar-refractivity contribution in [2.45, 2.75) is 32.2 Å². The quantitative estimate of drug-likeness (QED) is 0.829. The van der Waals surface area contributed by atoms with Crippen LogP contribution in [-0.2, 0) is 17.9 Å². The van der Waals surface area contributed by atoms with Crippen LogP contribution in [0.25, 0.3) is 0 Å². The second kappa shape index (κ2) is 6.29. The summed E-state index contributed by atoms with van der Waals surface area (Å²) in [5.74, 6) is 0.